The summed E-state index contributed by atoms with van der Waals surface area (Å²) in [6.45, 7) is 1.69. The molecule has 1 fully saturated rings. The summed E-state index contributed by atoms with van der Waals surface area (Å²) in [5, 5.41) is 0. The molecule has 1 saturated heterocycles. The first-order chi connectivity index (χ1) is 8.74. The molecule has 1 aliphatic rings. The van der Waals surface area contributed by atoms with Gasteiger partial charge in [0.1, 0.15) is 6.73 Å². The Morgan fingerprint density at radius 2 is 2.11 bits per heavy atom. The van der Waals surface area contributed by atoms with Crippen molar-refractivity contribution in [2.24, 2.45) is 0 Å². The molecule has 0 spiro atoms. The maximum atomic E-state index is 11.9. The normalized spacial score (nSPS) is 14.7. The number of ether oxygens (including phenoxy) is 3. The van der Waals surface area contributed by atoms with E-state index in [1.165, 1.54) is 0 Å². The lowest BCUT2D eigenvalue weighted by Gasteiger charge is -2.14. The Morgan fingerprint density at radius 3 is 2.72 bits per heavy atom. The Balaban J connectivity index is 2.06. The lowest BCUT2D eigenvalue weighted by atomic mass is 10.1. The highest BCUT2D eigenvalue weighted by Crippen LogP contribution is 2.27. The molecule has 2 rings (SSSR count). The van der Waals surface area contributed by atoms with Gasteiger partial charge in [-0.2, -0.15) is 0 Å². The average molecular weight is 251 g/mol. The van der Waals surface area contributed by atoms with Crippen LogP contribution in [0.5, 0.6) is 11.5 Å². The van der Waals surface area contributed by atoms with Crippen molar-refractivity contribution in [2.75, 3.05) is 34.1 Å². The van der Waals surface area contributed by atoms with E-state index in [9.17, 15) is 4.79 Å². The molecule has 0 aromatic heterocycles. The van der Waals surface area contributed by atoms with Crippen LogP contribution in [0, 0.1) is 0 Å². The van der Waals surface area contributed by atoms with Crippen molar-refractivity contribution in [1.82, 2.24) is 4.90 Å². The summed E-state index contributed by atoms with van der Waals surface area (Å²) >= 11 is 0. The van der Waals surface area contributed by atoms with Crippen molar-refractivity contribution in [1.29, 1.82) is 0 Å². The Hall–Kier alpha value is -1.75. The molecule has 1 heterocycles. The first kappa shape index (κ1) is 12.7. The summed E-state index contributed by atoms with van der Waals surface area (Å²) in [7, 11) is 3.17. The van der Waals surface area contributed by atoms with Crippen molar-refractivity contribution >= 4 is 5.91 Å². The molecule has 0 bridgehead atoms. The predicted octanol–water partition coefficient (Wildman–Crippen LogP) is 1.06. The van der Waals surface area contributed by atoms with Gasteiger partial charge in [-0.15, -0.1) is 0 Å². The van der Waals surface area contributed by atoms with Crippen LogP contribution in [0.25, 0.3) is 0 Å². The van der Waals surface area contributed by atoms with Gasteiger partial charge >= 0.3 is 0 Å². The van der Waals surface area contributed by atoms with E-state index in [1.807, 2.05) is 18.2 Å². The minimum Gasteiger partial charge on any atom is -0.493 e. The number of carbonyl (C=O) groups excluding carboxylic acids is 1. The van der Waals surface area contributed by atoms with Crippen LogP contribution in [0.2, 0.25) is 0 Å². The second kappa shape index (κ2) is 5.73. The lowest BCUT2D eigenvalue weighted by Crippen LogP contribution is -2.29. The molecule has 0 unspecified atom stereocenters. The molecule has 18 heavy (non-hydrogen) atoms. The third-order valence-corrected chi connectivity index (χ3v) is 2.91. The molecular formula is C13H17NO4. The topological polar surface area (TPSA) is 48.0 Å². The van der Waals surface area contributed by atoms with Crippen LogP contribution >= 0.6 is 0 Å². The number of carbonyl (C=O) groups is 1. The van der Waals surface area contributed by atoms with E-state index in [0.717, 1.165) is 5.56 Å². The minimum atomic E-state index is 0.0692. The summed E-state index contributed by atoms with van der Waals surface area (Å²) in [6, 6.07) is 5.51. The highest BCUT2D eigenvalue weighted by Gasteiger charge is 2.19. The first-order valence-corrected chi connectivity index (χ1v) is 5.81. The Kier molecular flexibility index (Phi) is 4.04. The SMILES string of the molecule is COc1ccc(CC(=O)N2CCOC2)cc1OC. The fourth-order valence-corrected chi connectivity index (χ4v) is 1.89. The lowest BCUT2D eigenvalue weighted by molar-refractivity contribution is -0.130. The van der Waals surface area contributed by atoms with Crippen LogP contribution in [-0.4, -0.2) is 44.9 Å². The number of amides is 1. The van der Waals surface area contributed by atoms with Gasteiger partial charge in [0.15, 0.2) is 11.5 Å². The van der Waals surface area contributed by atoms with Crippen LogP contribution in [0.4, 0.5) is 0 Å². The summed E-state index contributed by atoms with van der Waals surface area (Å²) in [5.41, 5.74) is 0.907. The summed E-state index contributed by atoms with van der Waals surface area (Å²) in [5.74, 6) is 1.37. The van der Waals surface area contributed by atoms with E-state index >= 15 is 0 Å². The van der Waals surface area contributed by atoms with Gasteiger partial charge in [-0.25, -0.2) is 0 Å². The zero-order valence-corrected chi connectivity index (χ0v) is 10.6. The second-order valence-corrected chi connectivity index (χ2v) is 4.06. The van der Waals surface area contributed by atoms with Gasteiger partial charge < -0.3 is 19.1 Å². The molecule has 1 aromatic carbocycles. The molecule has 0 N–H and O–H groups in total. The average Bonchev–Trinajstić information content (AvgIpc) is 2.92. The fraction of sp³-hybridized carbons (Fsp3) is 0.462. The molecule has 1 aromatic rings. The van der Waals surface area contributed by atoms with Crippen molar-refractivity contribution in [3.8, 4) is 11.5 Å². The molecule has 1 aliphatic heterocycles. The largest absolute Gasteiger partial charge is 0.493 e. The number of hydrogen-bond acceptors (Lipinski definition) is 4. The molecule has 5 heteroatoms. The molecule has 0 aliphatic carbocycles. The number of methoxy groups -OCH3 is 2. The zero-order chi connectivity index (χ0) is 13.0. The van der Waals surface area contributed by atoms with Crippen LogP contribution < -0.4 is 9.47 Å². The minimum absolute atomic E-state index is 0.0692. The van der Waals surface area contributed by atoms with Crippen molar-refractivity contribution < 1.29 is 19.0 Å². The molecule has 5 nitrogen and oxygen atoms in total. The van der Waals surface area contributed by atoms with E-state index in [-0.39, 0.29) is 5.91 Å². The van der Waals surface area contributed by atoms with Gasteiger partial charge in [-0.3, -0.25) is 4.79 Å². The molecule has 0 radical (unpaired) electrons. The Bertz CT molecular complexity index is 427. The smallest absolute Gasteiger partial charge is 0.228 e. The Morgan fingerprint density at radius 1 is 1.33 bits per heavy atom. The van der Waals surface area contributed by atoms with Crippen LogP contribution in [0.1, 0.15) is 5.56 Å². The standard InChI is InChI=1S/C13H17NO4/c1-16-11-4-3-10(7-12(11)17-2)8-13(15)14-5-6-18-9-14/h3-4,7H,5-6,8-9H2,1-2H3. The van der Waals surface area contributed by atoms with Gasteiger partial charge in [0.25, 0.3) is 0 Å². The maximum Gasteiger partial charge on any atom is 0.228 e. The van der Waals surface area contributed by atoms with Gasteiger partial charge in [0.05, 0.1) is 27.2 Å². The van der Waals surface area contributed by atoms with Gasteiger partial charge in [-0.05, 0) is 17.7 Å². The van der Waals surface area contributed by atoms with Gasteiger partial charge in [0, 0.05) is 6.54 Å². The zero-order valence-electron chi connectivity index (χ0n) is 10.6. The summed E-state index contributed by atoms with van der Waals surface area (Å²) in [6.07, 6.45) is 0.351. The van der Waals surface area contributed by atoms with Crippen molar-refractivity contribution in [2.45, 2.75) is 6.42 Å². The molecule has 98 valence electrons. The third kappa shape index (κ3) is 2.73. The quantitative estimate of drug-likeness (QED) is 0.803. The Labute approximate surface area is 106 Å². The third-order valence-electron chi connectivity index (χ3n) is 2.91. The molecular weight excluding hydrogens is 234 g/mol. The van der Waals surface area contributed by atoms with E-state index < -0.39 is 0 Å². The highest BCUT2D eigenvalue weighted by atomic mass is 16.5. The van der Waals surface area contributed by atoms with Crippen LogP contribution in [-0.2, 0) is 16.0 Å². The predicted molar refractivity (Wildman–Crippen MR) is 65.8 cm³/mol. The van der Waals surface area contributed by atoms with E-state index in [4.69, 9.17) is 14.2 Å². The second-order valence-electron chi connectivity index (χ2n) is 4.06. The number of rotatable bonds is 4. The monoisotopic (exact) mass is 251 g/mol. The van der Waals surface area contributed by atoms with Crippen molar-refractivity contribution in [3.63, 3.8) is 0 Å². The van der Waals surface area contributed by atoms with Gasteiger partial charge in [0.2, 0.25) is 5.91 Å². The molecule has 0 saturated carbocycles. The molecule has 0 atom stereocenters. The first-order valence-electron chi connectivity index (χ1n) is 5.81. The van der Waals surface area contributed by atoms with Crippen molar-refractivity contribution in [3.05, 3.63) is 23.8 Å². The van der Waals surface area contributed by atoms with Crippen LogP contribution in [0.3, 0.4) is 0 Å². The number of hydrogen-bond donors (Lipinski definition) is 0. The number of benzene rings is 1. The van der Waals surface area contributed by atoms with Gasteiger partial charge in [-0.1, -0.05) is 6.07 Å². The highest BCUT2D eigenvalue weighted by molar-refractivity contribution is 5.79. The van der Waals surface area contributed by atoms with Crippen LogP contribution in [0.15, 0.2) is 18.2 Å². The maximum absolute atomic E-state index is 11.9. The summed E-state index contributed by atoms with van der Waals surface area (Å²) < 4.78 is 15.5. The van der Waals surface area contributed by atoms with E-state index in [0.29, 0.717) is 37.8 Å². The molecule has 1 amide bonds. The number of nitrogens with zero attached hydrogens (tertiary/aromatic N) is 1. The summed E-state index contributed by atoms with van der Waals surface area (Å²) in [4.78, 5) is 13.6. The van der Waals surface area contributed by atoms with E-state index in [1.54, 1.807) is 19.1 Å². The van der Waals surface area contributed by atoms with E-state index in [2.05, 4.69) is 0 Å². The fourth-order valence-electron chi connectivity index (χ4n) is 1.89.